The first-order chi connectivity index (χ1) is 12.8. The number of anilines is 1. The van der Waals surface area contributed by atoms with E-state index in [-0.39, 0.29) is 10.5 Å². The van der Waals surface area contributed by atoms with Gasteiger partial charge >= 0.3 is 0 Å². The first-order valence-electron chi connectivity index (χ1n) is 8.32. The molecule has 1 heterocycles. The van der Waals surface area contributed by atoms with Gasteiger partial charge in [-0.2, -0.15) is 4.31 Å². The summed E-state index contributed by atoms with van der Waals surface area (Å²) in [6.07, 6.45) is 0. The van der Waals surface area contributed by atoms with Crippen molar-refractivity contribution in [1.29, 1.82) is 0 Å². The standard InChI is InChI=1S/C18H19Cl2N3O3S/c1-22-7-9-23(10-8-22)27(25,26)15-4-2-3-13(11-15)18(24)21-14-5-6-16(19)17(20)12-14/h2-6,11-12H,7-10H2,1H3,(H,21,24). The molecule has 27 heavy (non-hydrogen) atoms. The topological polar surface area (TPSA) is 69.7 Å². The minimum atomic E-state index is -3.64. The van der Waals surface area contributed by atoms with E-state index >= 15 is 0 Å². The first kappa shape index (κ1) is 20.1. The molecule has 6 nitrogen and oxygen atoms in total. The smallest absolute Gasteiger partial charge is 0.255 e. The number of likely N-dealkylation sites (N-methyl/N-ethyl adjacent to an activating group) is 1. The second kappa shape index (κ2) is 8.16. The van der Waals surface area contributed by atoms with Crippen LogP contribution in [0.15, 0.2) is 47.4 Å². The summed E-state index contributed by atoms with van der Waals surface area (Å²) >= 11 is 11.8. The molecule has 1 aliphatic heterocycles. The Labute approximate surface area is 168 Å². The normalized spacial score (nSPS) is 16.3. The fourth-order valence-corrected chi connectivity index (χ4v) is 4.52. The van der Waals surface area contributed by atoms with Crippen LogP contribution in [0.3, 0.4) is 0 Å². The molecule has 1 amide bonds. The molecule has 144 valence electrons. The van der Waals surface area contributed by atoms with Crippen LogP contribution in [0.25, 0.3) is 0 Å². The Morgan fingerprint density at radius 3 is 2.37 bits per heavy atom. The molecular weight excluding hydrogens is 409 g/mol. The summed E-state index contributed by atoms with van der Waals surface area (Å²) in [5.41, 5.74) is 0.720. The Morgan fingerprint density at radius 2 is 1.70 bits per heavy atom. The van der Waals surface area contributed by atoms with Crippen LogP contribution in [0.2, 0.25) is 10.0 Å². The van der Waals surface area contributed by atoms with Gasteiger partial charge in [0.2, 0.25) is 10.0 Å². The first-order valence-corrected chi connectivity index (χ1v) is 10.5. The molecule has 1 fully saturated rings. The summed E-state index contributed by atoms with van der Waals surface area (Å²) in [6.45, 7) is 2.21. The predicted molar refractivity (Wildman–Crippen MR) is 107 cm³/mol. The number of hydrogen-bond acceptors (Lipinski definition) is 4. The molecule has 0 saturated carbocycles. The van der Waals surface area contributed by atoms with E-state index in [0.29, 0.717) is 41.9 Å². The van der Waals surface area contributed by atoms with Gasteiger partial charge in [0.1, 0.15) is 0 Å². The van der Waals surface area contributed by atoms with Gasteiger partial charge in [0.25, 0.3) is 5.91 Å². The maximum atomic E-state index is 12.9. The van der Waals surface area contributed by atoms with Crippen molar-refractivity contribution in [2.24, 2.45) is 0 Å². The highest BCUT2D eigenvalue weighted by Gasteiger charge is 2.27. The largest absolute Gasteiger partial charge is 0.322 e. The van der Waals surface area contributed by atoms with Crippen LogP contribution in [0, 0.1) is 0 Å². The molecule has 0 spiro atoms. The minimum Gasteiger partial charge on any atom is -0.322 e. The molecule has 2 aromatic rings. The van der Waals surface area contributed by atoms with Gasteiger partial charge in [-0.25, -0.2) is 8.42 Å². The SMILES string of the molecule is CN1CCN(S(=O)(=O)c2cccc(C(=O)Nc3ccc(Cl)c(Cl)c3)c2)CC1. The third-order valence-electron chi connectivity index (χ3n) is 4.37. The molecule has 0 aromatic heterocycles. The van der Waals surface area contributed by atoms with E-state index in [1.807, 2.05) is 7.05 Å². The summed E-state index contributed by atoms with van der Waals surface area (Å²) < 4.78 is 27.2. The van der Waals surface area contributed by atoms with E-state index in [2.05, 4.69) is 10.2 Å². The summed E-state index contributed by atoms with van der Waals surface area (Å²) in [6, 6.07) is 10.8. The van der Waals surface area contributed by atoms with Crippen LogP contribution in [0.4, 0.5) is 5.69 Å². The fraction of sp³-hybridized carbons (Fsp3) is 0.278. The van der Waals surface area contributed by atoms with E-state index in [0.717, 1.165) is 0 Å². The summed E-state index contributed by atoms with van der Waals surface area (Å²) in [4.78, 5) is 14.7. The van der Waals surface area contributed by atoms with Gasteiger partial charge in [-0.15, -0.1) is 0 Å². The van der Waals surface area contributed by atoms with Crippen molar-refractivity contribution in [3.05, 3.63) is 58.1 Å². The number of sulfonamides is 1. The van der Waals surface area contributed by atoms with Gasteiger partial charge in [-0.1, -0.05) is 29.3 Å². The zero-order valence-electron chi connectivity index (χ0n) is 14.7. The van der Waals surface area contributed by atoms with Gasteiger partial charge in [-0.05, 0) is 43.4 Å². The lowest BCUT2D eigenvalue weighted by molar-refractivity contribution is 0.102. The van der Waals surface area contributed by atoms with Crippen LogP contribution < -0.4 is 5.32 Å². The Balaban J connectivity index is 1.80. The van der Waals surface area contributed by atoms with E-state index < -0.39 is 15.9 Å². The molecular formula is C18H19Cl2N3O3S. The number of carbonyl (C=O) groups is 1. The molecule has 0 aliphatic carbocycles. The molecule has 1 N–H and O–H groups in total. The average molecular weight is 428 g/mol. The highest BCUT2D eigenvalue weighted by atomic mass is 35.5. The molecule has 1 saturated heterocycles. The van der Waals surface area contributed by atoms with E-state index in [1.54, 1.807) is 24.3 Å². The van der Waals surface area contributed by atoms with Gasteiger partial charge in [0.15, 0.2) is 0 Å². The van der Waals surface area contributed by atoms with Crippen molar-refractivity contribution in [3.63, 3.8) is 0 Å². The number of halogens is 2. The third kappa shape index (κ3) is 4.62. The highest BCUT2D eigenvalue weighted by molar-refractivity contribution is 7.89. The molecule has 3 rings (SSSR count). The fourth-order valence-electron chi connectivity index (χ4n) is 2.75. The highest BCUT2D eigenvalue weighted by Crippen LogP contribution is 2.25. The quantitative estimate of drug-likeness (QED) is 0.812. The number of piperazine rings is 1. The molecule has 0 atom stereocenters. The number of amides is 1. The summed E-state index contributed by atoms with van der Waals surface area (Å²) in [5.74, 6) is -0.427. The monoisotopic (exact) mass is 427 g/mol. The van der Waals surface area contributed by atoms with Crippen molar-refractivity contribution in [2.75, 3.05) is 38.5 Å². The average Bonchev–Trinajstić information content (AvgIpc) is 2.65. The number of benzene rings is 2. The van der Waals surface area contributed by atoms with Crippen molar-refractivity contribution >= 4 is 44.8 Å². The van der Waals surface area contributed by atoms with Crippen LogP contribution in [0.5, 0.6) is 0 Å². The minimum absolute atomic E-state index is 0.105. The van der Waals surface area contributed by atoms with Crippen molar-refractivity contribution < 1.29 is 13.2 Å². The van der Waals surface area contributed by atoms with E-state index in [9.17, 15) is 13.2 Å². The second-order valence-electron chi connectivity index (χ2n) is 6.32. The van der Waals surface area contributed by atoms with Gasteiger partial charge in [-0.3, -0.25) is 4.79 Å². The van der Waals surface area contributed by atoms with Crippen LogP contribution in [-0.2, 0) is 10.0 Å². The molecule has 0 radical (unpaired) electrons. The Morgan fingerprint density at radius 1 is 1.00 bits per heavy atom. The van der Waals surface area contributed by atoms with Crippen molar-refractivity contribution in [3.8, 4) is 0 Å². The zero-order chi connectivity index (χ0) is 19.6. The lowest BCUT2D eigenvalue weighted by Crippen LogP contribution is -2.47. The summed E-state index contributed by atoms with van der Waals surface area (Å²) in [5, 5.41) is 3.40. The lowest BCUT2D eigenvalue weighted by atomic mass is 10.2. The number of nitrogens with one attached hydrogen (secondary N) is 1. The van der Waals surface area contributed by atoms with Gasteiger partial charge in [0, 0.05) is 37.4 Å². The number of hydrogen-bond donors (Lipinski definition) is 1. The maximum absolute atomic E-state index is 12.9. The number of carbonyl (C=O) groups excluding carboxylic acids is 1. The van der Waals surface area contributed by atoms with Crippen molar-refractivity contribution in [2.45, 2.75) is 4.90 Å². The Hall–Kier alpha value is -1.64. The number of nitrogens with zero attached hydrogens (tertiary/aromatic N) is 2. The maximum Gasteiger partial charge on any atom is 0.255 e. The lowest BCUT2D eigenvalue weighted by Gasteiger charge is -2.31. The van der Waals surface area contributed by atoms with Crippen molar-refractivity contribution in [1.82, 2.24) is 9.21 Å². The molecule has 9 heteroatoms. The van der Waals surface area contributed by atoms with Crippen LogP contribution in [0.1, 0.15) is 10.4 Å². The van der Waals surface area contributed by atoms with Crippen LogP contribution in [-0.4, -0.2) is 56.8 Å². The molecule has 0 bridgehead atoms. The summed E-state index contributed by atoms with van der Waals surface area (Å²) in [7, 11) is -1.68. The van der Waals surface area contributed by atoms with Gasteiger partial charge < -0.3 is 10.2 Å². The van der Waals surface area contributed by atoms with Crippen LogP contribution >= 0.6 is 23.2 Å². The predicted octanol–water partition coefficient (Wildman–Crippen LogP) is 3.18. The second-order valence-corrected chi connectivity index (χ2v) is 9.07. The van der Waals surface area contributed by atoms with E-state index in [1.165, 1.54) is 22.5 Å². The molecule has 1 aliphatic rings. The zero-order valence-corrected chi connectivity index (χ0v) is 17.0. The third-order valence-corrected chi connectivity index (χ3v) is 7.01. The Bertz CT molecular complexity index is 958. The number of rotatable bonds is 4. The molecule has 2 aromatic carbocycles. The molecule has 0 unspecified atom stereocenters. The Kier molecular flexibility index (Phi) is 6.08. The van der Waals surface area contributed by atoms with Gasteiger partial charge in [0.05, 0.1) is 14.9 Å². The van der Waals surface area contributed by atoms with E-state index in [4.69, 9.17) is 23.2 Å².